The lowest BCUT2D eigenvalue weighted by molar-refractivity contribution is -0.138. The summed E-state index contributed by atoms with van der Waals surface area (Å²) in [6, 6.07) is 0.461. The molecule has 5 nitrogen and oxygen atoms in total. The summed E-state index contributed by atoms with van der Waals surface area (Å²) in [7, 11) is 2.06. The van der Waals surface area contributed by atoms with Crippen LogP contribution in [0.25, 0.3) is 0 Å². The molecule has 104 valence electrons. The smallest absolute Gasteiger partial charge is 0.312 e. The van der Waals surface area contributed by atoms with Gasteiger partial charge in [-0.25, -0.2) is 4.98 Å². The van der Waals surface area contributed by atoms with E-state index in [0.717, 1.165) is 48.2 Å². The van der Waals surface area contributed by atoms with E-state index >= 15 is 0 Å². The molecule has 0 bridgehead atoms. The van der Waals surface area contributed by atoms with E-state index in [1.54, 1.807) is 11.3 Å². The first-order valence-corrected chi connectivity index (χ1v) is 7.51. The van der Waals surface area contributed by atoms with E-state index in [-0.39, 0.29) is 0 Å². The molecule has 2 aliphatic rings. The predicted octanol–water partition coefficient (Wildman–Crippen LogP) is 1.87. The molecule has 0 amide bonds. The number of nitrogens with zero attached hydrogens (tertiary/aromatic N) is 2. The third-order valence-electron chi connectivity index (χ3n) is 4.04. The Labute approximate surface area is 116 Å². The van der Waals surface area contributed by atoms with Gasteiger partial charge >= 0.3 is 5.97 Å². The van der Waals surface area contributed by atoms with Gasteiger partial charge in [0.2, 0.25) is 0 Å². The molecule has 1 aromatic rings. The van der Waals surface area contributed by atoms with Gasteiger partial charge in [-0.2, -0.15) is 0 Å². The predicted molar refractivity (Wildman–Crippen MR) is 73.1 cm³/mol. The summed E-state index contributed by atoms with van der Waals surface area (Å²) < 4.78 is 5.37. The second-order valence-electron chi connectivity index (χ2n) is 5.19. The maximum absolute atomic E-state index is 11.2. The van der Waals surface area contributed by atoms with Crippen molar-refractivity contribution in [1.29, 1.82) is 0 Å². The molecule has 1 fully saturated rings. The van der Waals surface area contributed by atoms with E-state index in [0.29, 0.717) is 12.5 Å². The van der Waals surface area contributed by atoms with Crippen molar-refractivity contribution in [2.75, 3.05) is 25.2 Å². The van der Waals surface area contributed by atoms with Crippen LogP contribution in [0.5, 0.6) is 0 Å². The SMILES string of the molecule is CN(c1nc2c(s1)CCC2C(=O)O)C1CCOCC1. The highest BCUT2D eigenvalue weighted by molar-refractivity contribution is 7.15. The van der Waals surface area contributed by atoms with Gasteiger partial charge in [0.15, 0.2) is 5.13 Å². The summed E-state index contributed by atoms with van der Waals surface area (Å²) in [6.07, 6.45) is 3.59. The lowest BCUT2D eigenvalue weighted by Crippen LogP contribution is -2.36. The number of ether oxygens (including phenoxy) is 1. The molecule has 1 aromatic heterocycles. The third-order valence-corrected chi connectivity index (χ3v) is 5.27. The number of rotatable bonds is 3. The highest BCUT2D eigenvalue weighted by Gasteiger charge is 2.33. The van der Waals surface area contributed by atoms with Crippen LogP contribution in [0.1, 0.15) is 35.8 Å². The molecule has 0 spiro atoms. The Morgan fingerprint density at radius 3 is 2.84 bits per heavy atom. The van der Waals surface area contributed by atoms with Gasteiger partial charge in [-0.05, 0) is 25.7 Å². The normalized spacial score (nSPS) is 23.3. The molecule has 0 radical (unpaired) electrons. The van der Waals surface area contributed by atoms with Crippen LogP contribution in [0.3, 0.4) is 0 Å². The number of anilines is 1. The summed E-state index contributed by atoms with van der Waals surface area (Å²) in [5.41, 5.74) is 0.798. The summed E-state index contributed by atoms with van der Waals surface area (Å²) in [6.45, 7) is 1.61. The van der Waals surface area contributed by atoms with Crippen molar-refractivity contribution in [2.24, 2.45) is 0 Å². The summed E-state index contributed by atoms with van der Waals surface area (Å²) in [5, 5.41) is 10.2. The van der Waals surface area contributed by atoms with Gasteiger partial charge < -0.3 is 14.7 Å². The first-order chi connectivity index (χ1) is 9.16. The van der Waals surface area contributed by atoms with Crippen LogP contribution in [0.4, 0.5) is 5.13 Å². The number of thiazole rings is 1. The largest absolute Gasteiger partial charge is 0.481 e. The number of carboxylic acid groups (broad SMARTS) is 1. The lowest BCUT2D eigenvalue weighted by atomic mass is 10.1. The zero-order chi connectivity index (χ0) is 13.4. The molecule has 1 aliphatic heterocycles. The zero-order valence-corrected chi connectivity index (χ0v) is 11.8. The minimum atomic E-state index is -0.746. The fraction of sp³-hybridized carbons (Fsp3) is 0.692. The van der Waals surface area contributed by atoms with Crippen molar-refractivity contribution < 1.29 is 14.6 Å². The van der Waals surface area contributed by atoms with Crippen LogP contribution in [-0.4, -0.2) is 42.4 Å². The Morgan fingerprint density at radius 2 is 2.16 bits per heavy atom. The summed E-state index contributed by atoms with van der Waals surface area (Å²) in [4.78, 5) is 19.1. The number of carboxylic acids is 1. The lowest BCUT2D eigenvalue weighted by Gasteiger charge is -2.30. The van der Waals surface area contributed by atoms with Crippen LogP contribution in [0, 0.1) is 0 Å². The van der Waals surface area contributed by atoms with E-state index in [9.17, 15) is 9.90 Å². The average Bonchev–Trinajstić information content (AvgIpc) is 2.98. The summed E-state index contributed by atoms with van der Waals surface area (Å²) >= 11 is 1.66. The van der Waals surface area contributed by atoms with Crippen LogP contribution in [0.2, 0.25) is 0 Å². The van der Waals surface area contributed by atoms with Crippen molar-refractivity contribution >= 4 is 22.4 Å². The van der Waals surface area contributed by atoms with E-state index < -0.39 is 11.9 Å². The number of aromatic nitrogens is 1. The Balaban J connectivity index is 1.79. The number of fused-ring (bicyclic) bond motifs is 1. The average molecular weight is 282 g/mol. The second-order valence-corrected chi connectivity index (χ2v) is 6.25. The second kappa shape index (κ2) is 5.09. The molecular formula is C13H18N2O3S. The first-order valence-electron chi connectivity index (χ1n) is 6.70. The minimum Gasteiger partial charge on any atom is -0.481 e. The zero-order valence-electron chi connectivity index (χ0n) is 11.0. The Morgan fingerprint density at radius 1 is 1.42 bits per heavy atom. The molecule has 3 rings (SSSR count). The van der Waals surface area contributed by atoms with E-state index in [4.69, 9.17) is 4.74 Å². The third kappa shape index (κ3) is 2.34. The number of aliphatic carboxylic acids is 1. The molecule has 1 unspecified atom stereocenters. The topological polar surface area (TPSA) is 62.7 Å². The van der Waals surface area contributed by atoms with E-state index in [1.165, 1.54) is 0 Å². The Kier molecular flexibility index (Phi) is 3.45. The van der Waals surface area contributed by atoms with Gasteiger partial charge in [0, 0.05) is 31.2 Å². The molecule has 0 saturated carbocycles. The standard InChI is InChI=1S/C13H18N2O3S/c1-15(8-4-6-18-7-5-8)13-14-11-9(12(16)17)2-3-10(11)19-13/h8-9H,2-7H2,1H3,(H,16,17). The highest BCUT2D eigenvalue weighted by atomic mass is 32.1. The molecule has 1 atom stereocenters. The van der Waals surface area contributed by atoms with Gasteiger partial charge in [-0.1, -0.05) is 0 Å². The van der Waals surface area contributed by atoms with Crippen molar-refractivity contribution in [3.63, 3.8) is 0 Å². The number of carbonyl (C=O) groups is 1. The molecule has 1 saturated heterocycles. The van der Waals surface area contributed by atoms with E-state index in [2.05, 4.69) is 16.9 Å². The molecule has 6 heteroatoms. The number of hydrogen-bond donors (Lipinski definition) is 1. The molecule has 1 N–H and O–H groups in total. The van der Waals surface area contributed by atoms with E-state index in [1.807, 2.05) is 0 Å². The van der Waals surface area contributed by atoms with Crippen molar-refractivity contribution in [3.8, 4) is 0 Å². The van der Waals surface area contributed by atoms with Gasteiger partial charge in [0.05, 0.1) is 5.69 Å². The van der Waals surface area contributed by atoms with Crippen molar-refractivity contribution in [1.82, 2.24) is 4.98 Å². The molecule has 19 heavy (non-hydrogen) atoms. The van der Waals surface area contributed by atoms with Crippen molar-refractivity contribution in [3.05, 3.63) is 10.6 Å². The maximum atomic E-state index is 11.2. The Hall–Kier alpha value is -1.14. The summed E-state index contributed by atoms with van der Waals surface area (Å²) in [5.74, 6) is -1.15. The van der Waals surface area contributed by atoms with Crippen LogP contribution < -0.4 is 4.90 Å². The van der Waals surface area contributed by atoms with Crippen molar-refractivity contribution in [2.45, 2.75) is 37.6 Å². The van der Waals surface area contributed by atoms with Gasteiger partial charge in [-0.15, -0.1) is 11.3 Å². The molecule has 1 aliphatic carbocycles. The fourth-order valence-corrected chi connectivity index (χ4v) is 4.00. The number of aryl methyl sites for hydroxylation is 1. The number of hydrogen-bond acceptors (Lipinski definition) is 5. The monoisotopic (exact) mass is 282 g/mol. The van der Waals surface area contributed by atoms with Gasteiger partial charge in [0.25, 0.3) is 0 Å². The first kappa shape index (κ1) is 12.9. The fourth-order valence-electron chi connectivity index (χ4n) is 2.83. The Bertz CT molecular complexity index is 482. The van der Waals surface area contributed by atoms with Crippen LogP contribution >= 0.6 is 11.3 Å². The highest BCUT2D eigenvalue weighted by Crippen LogP contribution is 2.40. The van der Waals surface area contributed by atoms with Gasteiger partial charge in [-0.3, -0.25) is 4.79 Å². The van der Waals surface area contributed by atoms with Crippen LogP contribution in [-0.2, 0) is 16.0 Å². The van der Waals surface area contributed by atoms with Gasteiger partial charge in [0.1, 0.15) is 5.92 Å². The quantitative estimate of drug-likeness (QED) is 0.917. The van der Waals surface area contributed by atoms with Crippen LogP contribution in [0.15, 0.2) is 0 Å². The molecular weight excluding hydrogens is 264 g/mol. The molecule has 2 heterocycles. The molecule has 0 aromatic carbocycles. The minimum absolute atomic E-state index is 0.400. The maximum Gasteiger partial charge on any atom is 0.312 e.